The lowest BCUT2D eigenvalue weighted by atomic mass is 10.0. The maximum Gasteiger partial charge on any atom is 0.305 e. The summed E-state index contributed by atoms with van der Waals surface area (Å²) < 4.78 is 5.46. The number of unbranched alkanes of at least 4 members (excludes halogenated alkanes) is 39. The number of allylic oxidation sites excluding steroid dienone is 6. The second-order valence-corrected chi connectivity index (χ2v) is 20.4. The van der Waals surface area contributed by atoms with E-state index < -0.39 is 12.1 Å². The fourth-order valence-corrected chi connectivity index (χ4v) is 9.10. The quantitative estimate of drug-likeness (QED) is 0.0244. The largest absolute Gasteiger partial charge is 0.466 e. The van der Waals surface area contributed by atoms with Gasteiger partial charge in [0.05, 0.1) is 25.4 Å². The summed E-state index contributed by atoms with van der Waals surface area (Å²) in [5.41, 5.74) is 0. The molecular weight excluding hydrogens is 827 g/mol. The number of aliphatic hydroxyl groups is 2. The smallest absolute Gasteiger partial charge is 0.305 e. The summed E-state index contributed by atoms with van der Waals surface area (Å²) in [4.78, 5) is 24.5. The third-order valence-corrected chi connectivity index (χ3v) is 13.7. The van der Waals surface area contributed by atoms with E-state index >= 15 is 0 Å². The number of nitrogens with one attached hydrogen (secondary N) is 1. The van der Waals surface area contributed by atoms with Crippen LogP contribution in [0.3, 0.4) is 0 Å². The molecule has 0 spiro atoms. The van der Waals surface area contributed by atoms with Gasteiger partial charge in [-0.05, 0) is 83.5 Å². The first-order valence-corrected chi connectivity index (χ1v) is 29.8. The van der Waals surface area contributed by atoms with Crippen molar-refractivity contribution in [3.63, 3.8) is 0 Å². The Balaban J connectivity index is 3.51. The molecule has 0 aliphatic carbocycles. The molecule has 0 aromatic carbocycles. The zero-order chi connectivity index (χ0) is 48.6. The molecule has 0 aliphatic heterocycles. The van der Waals surface area contributed by atoms with Crippen LogP contribution in [-0.2, 0) is 14.3 Å². The van der Waals surface area contributed by atoms with E-state index in [1.165, 1.54) is 205 Å². The van der Waals surface area contributed by atoms with Gasteiger partial charge in [0.15, 0.2) is 0 Å². The number of amides is 1. The van der Waals surface area contributed by atoms with Crippen molar-refractivity contribution < 1.29 is 24.5 Å². The number of carbonyl (C=O) groups is 2. The minimum atomic E-state index is -0.680. The molecule has 0 aliphatic rings. The van der Waals surface area contributed by atoms with E-state index in [1.807, 2.05) is 0 Å². The summed E-state index contributed by atoms with van der Waals surface area (Å²) >= 11 is 0. The molecule has 0 saturated heterocycles. The van der Waals surface area contributed by atoms with Gasteiger partial charge in [-0.2, -0.15) is 0 Å². The Hall–Kier alpha value is -1.92. The molecule has 2 atom stereocenters. The van der Waals surface area contributed by atoms with Crippen molar-refractivity contribution in [2.45, 2.75) is 328 Å². The molecule has 67 heavy (non-hydrogen) atoms. The van der Waals surface area contributed by atoms with Gasteiger partial charge in [0.25, 0.3) is 0 Å². The van der Waals surface area contributed by atoms with Crippen LogP contribution in [0, 0.1) is 0 Å². The van der Waals surface area contributed by atoms with Gasteiger partial charge in [-0.15, -0.1) is 0 Å². The molecule has 0 aromatic rings. The highest BCUT2D eigenvalue weighted by molar-refractivity contribution is 5.76. The van der Waals surface area contributed by atoms with Gasteiger partial charge in [-0.25, -0.2) is 0 Å². The van der Waals surface area contributed by atoms with Crippen LogP contribution in [-0.4, -0.2) is 47.4 Å². The summed E-state index contributed by atoms with van der Waals surface area (Å²) in [5.74, 6) is -0.0807. The van der Waals surface area contributed by atoms with Crippen molar-refractivity contribution in [2.24, 2.45) is 0 Å². The highest BCUT2D eigenvalue weighted by atomic mass is 16.5. The Labute approximate surface area is 417 Å². The topological polar surface area (TPSA) is 95.9 Å². The maximum absolute atomic E-state index is 12.5. The van der Waals surface area contributed by atoms with Crippen LogP contribution >= 0.6 is 0 Å². The Kier molecular flexibility index (Phi) is 55.0. The van der Waals surface area contributed by atoms with E-state index in [0.717, 1.165) is 77.0 Å². The molecule has 0 heterocycles. The lowest BCUT2D eigenvalue weighted by molar-refractivity contribution is -0.143. The van der Waals surface area contributed by atoms with Gasteiger partial charge in [-0.1, -0.05) is 256 Å². The van der Waals surface area contributed by atoms with Crippen molar-refractivity contribution in [2.75, 3.05) is 13.2 Å². The molecule has 0 rings (SSSR count). The summed E-state index contributed by atoms with van der Waals surface area (Å²) in [6.45, 7) is 4.90. The summed E-state index contributed by atoms with van der Waals surface area (Å²) in [6.07, 6.45) is 69.9. The Bertz CT molecular complexity index is 1090. The van der Waals surface area contributed by atoms with E-state index in [0.29, 0.717) is 25.9 Å². The molecule has 0 saturated carbocycles. The predicted molar refractivity (Wildman–Crippen MR) is 292 cm³/mol. The SMILES string of the molecule is CCCCCCCC/C=C\CCCCCCCCCC(=O)OCCCCC/C=C\C=C/CCCCCCCCC(=O)NC(CO)C(O)CCCCCCCCCCCCCCCCCCCC. The van der Waals surface area contributed by atoms with Gasteiger partial charge < -0.3 is 20.3 Å². The van der Waals surface area contributed by atoms with E-state index in [1.54, 1.807) is 0 Å². The Morgan fingerprint density at radius 1 is 0.418 bits per heavy atom. The minimum Gasteiger partial charge on any atom is -0.466 e. The molecule has 1 amide bonds. The number of esters is 1. The number of hydrogen-bond donors (Lipinski definition) is 3. The van der Waals surface area contributed by atoms with Crippen LogP contribution < -0.4 is 5.32 Å². The van der Waals surface area contributed by atoms with Gasteiger partial charge in [0.2, 0.25) is 5.91 Å². The second-order valence-electron chi connectivity index (χ2n) is 20.4. The zero-order valence-corrected chi connectivity index (χ0v) is 44.9. The van der Waals surface area contributed by atoms with Crippen LogP contribution in [0.4, 0.5) is 0 Å². The summed E-state index contributed by atoms with van der Waals surface area (Å²) in [7, 11) is 0. The normalized spacial score (nSPS) is 12.8. The van der Waals surface area contributed by atoms with Crippen molar-refractivity contribution in [1.29, 1.82) is 0 Å². The predicted octanol–water partition coefficient (Wildman–Crippen LogP) is 18.4. The molecule has 3 N–H and O–H groups in total. The van der Waals surface area contributed by atoms with Gasteiger partial charge in [-0.3, -0.25) is 9.59 Å². The lowest BCUT2D eigenvalue weighted by Crippen LogP contribution is -2.45. The highest BCUT2D eigenvalue weighted by Crippen LogP contribution is 2.17. The summed E-state index contributed by atoms with van der Waals surface area (Å²) in [6, 6.07) is -0.559. The van der Waals surface area contributed by atoms with E-state index in [9.17, 15) is 19.8 Å². The van der Waals surface area contributed by atoms with Gasteiger partial charge >= 0.3 is 5.97 Å². The number of ether oxygens (including phenoxy) is 1. The Morgan fingerprint density at radius 2 is 0.746 bits per heavy atom. The first-order valence-electron chi connectivity index (χ1n) is 29.8. The van der Waals surface area contributed by atoms with E-state index in [-0.39, 0.29) is 18.5 Å². The van der Waals surface area contributed by atoms with Crippen LogP contribution in [0.15, 0.2) is 36.5 Å². The monoisotopic (exact) mass is 942 g/mol. The van der Waals surface area contributed by atoms with Crippen molar-refractivity contribution in [1.82, 2.24) is 5.32 Å². The molecule has 2 unspecified atom stereocenters. The van der Waals surface area contributed by atoms with Crippen LogP contribution in [0.5, 0.6) is 0 Å². The van der Waals surface area contributed by atoms with Crippen molar-refractivity contribution >= 4 is 11.9 Å². The van der Waals surface area contributed by atoms with E-state index in [2.05, 4.69) is 55.6 Å². The molecular formula is C61H115NO5. The molecule has 6 heteroatoms. The average molecular weight is 943 g/mol. The Morgan fingerprint density at radius 3 is 1.15 bits per heavy atom. The summed E-state index contributed by atoms with van der Waals surface area (Å²) in [5, 5.41) is 23.3. The number of hydrogen-bond acceptors (Lipinski definition) is 5. The van der Waals surface area contributed by atoms with Gasteiger partial charge in [0.1, 0.15) is 0 Å². The second kappa shape index (κ2) is 56.7. The standard InChI is InChI=1S/C61H115NO5/c1-3-5-7-9-11-13-15-17-19-21-23-25-29-33-37-41-45-49-53-59(64)58(57-63)62-60(65)54-50-46-42-38-34-30-26-24-28-32-36-40-44-48-52-56-67-61(66)55-51-47-43-39-35-31-27-22-20-18-16-14-12-10-8-6-4-2/h18,20,24,28,32,36,58-59,63-64H,3-17,19,21-23,25-27,29-31,33-35,37-57H2,1-2H3,(H,62,65)/b20-18-,28-24-,36-32-. The number of aliphatic hydroxyl groups excluding tert-OH is 2. The number of carbonyl (C=O) groups excluding carboxylic acids is 2. The van der Waals surface area contributed by atoms with Crippen LogP contribution in [0.25, 0.3) is 0 Å². The fourth-order valence-electron chi connectivity index (χ4n) is 9.10. The molecule has 6 nitrogen and oxygen atoms in total. The lowest BCUT2D eigenvalue weighted by Gasteiger charge is -2.22. The van der Waals surface area contributed by atoms with Crippen LogP contribution in [0.1, 0.15) is 316 Å². The van der Waals surface area contributed by atoms with Crippen molar-refractivity contribution in [3.8, 4) is 0 Å². The molecule has 0 fully saturated rings. The highest BCUT2D eigenvalue weighted by Gasteiger charge is 2.20. The molecule has 0 aromatic heterocycles. The first kappa shape index (κ1) is 65.1. The van der Waals surface area contributed by atoms with Gasteiger partial charge in [0, 0.05) is 12.8 Å². The molecule has 394 valence electrons. The van der Waals surface area contributed by atoms with Crippen LogP contribution in [0.2, 0.25) is 0 Å². The van der Waals surface area contributed by atoms with E-state index in [4.69, 9.17) is 4.74 Å². The maximum atomic E-state index is 12.5. The third-order valence-electron chi connectivity index (χ3n) is 13.7. The first-order chi connectivity index (χ1) is 33.0. The average Bonchev–Trinajstić information content (AvgIpc) is 3.33. The molecule has 0 radical (unpaired) electrons. The molecule has 0 bridgehead atoms. The number of rotatable bonds is 55. The third kappa shape index (κ3) is 53.3. The fraction of sp³-hybridized carbons (Fsp3) is 0.869. The van der Waals surface area contributed by atoms with Crippen molar-refractivity contribution in [3.05, 3.63) is 36.5 Å². The zero-order valence-electron chi connectivity index (χ0n) is 44.9. The minimum absolute atomic E-state index is 0.0247.